The Kier molecular flexibility index (Phi) is 7.50. The van der Waals surface area contributed by atoms with Gasteiger partial charge in [0.2, 0.25) is 5.91 Å². The summed E-state index contributed by atoms with van der Waals surface area (Å²) in [6.07, 6.45) is 0. The third-order valence-corrected chi connectivity index (χ3v) is 4.33. The minimum atomic E-state index is -0.747. The molecule has 2 rings (SSSR count). The molecule has 0 unspecified atom stereocenters. The lowest BCUT2D eigenvalue weighted by Crippen LogP contribution is -2.40. The van der Waals surface area contributed by atoms with Gasteiger partial charge in [-0.25, -0.2) is 0 Å². The van der Waals surface area contributed by atoms with Crippen molar-refractivity contribution in [3.63, 3.8) is 0 Å². The largest absolute Gasteiger partial charge is 0.454 e. The number of likely N-dealkylation sites (N-methyl/N-ethyl adjacent to an activating group) is 1. The molecule has 0 aliphatic carbocycles. The second-order valence-corrected chi connectivity index (χ2v) is 6.33. The molecule has 0 radical (unpaired) electrons. The van der Waals surface area contributed by atoms with Gasteiger partial charge in [-0.3, -0.25) is 19.2 Å². The number of nitrogens with zero attached hydrogens (tertiary/aromatic N) is 1. The molecule has 3 amide bonds. The molecule has 1 aromatic heterocycles. The zero-order valence-electron chi connectivity index (χ0n) is 14.6. The van der Waals surface area contributed by atoms with Crippen molar-refractivity contribution in [2.75, 3.05) is 31.6 Å². The van der Waals surface area contributed by atoms with Crippen molar-refractivity contribution in [1.29, 1.82) is 0 Å². The lowest BCUT2D eigenvalue weighted by Gasteiger charge is -2.17. The first kappa shape index (κ1) is 20.1. The van der Waals surface area contributed by atoms with Gasteiger partial charge in [-0.15, -0.1) is 11.3 Å². The van der Waals surface area contributed by atoms with E-state index in [4.69, 9.17) is 4.74 Å². The molecule has 0 spiro atoms. The van der Waals surface area contributed by atoms with Gasteiger partial charge in [0.05, 0.1) is 11.4 Å². The number of carbonyl (C=O) groups excluding carboxylic acids is 4. The van der Waals surface area contributed by atoms with Crippen molar-refractivity contribution in [2.45, 2.75) is 0 Å². The first-order valence-electron chi connectivity index (χ1n) is 8.03. The van der Waals surface area contributed by atoms with Gasteiger partial charge >= 0.3 is 5.97 Å². The zero-order valence-corrected chi connectivity index (χ0v) is 15.5. The van der Waals surface area contributed by atoms with Crippen LogP contribution in [0, 0.1) is 0 Å². The summed E-state index contributed by atoms with van der Waals surface area (Å²) < 4.78 is 4.85. The summed E-state index contributed by atoms with van der Waals surface area (Å²) >= 11 is 1.26. The highest BCUT2D eigenvalue weighted by molar-refractivity contribution is 7.12. The van der Waals surface area contributed by atoms with E-state index in [1.165, 1.54) is 16.2 Å². The van der Waals surface area contributed by atoms with Crippen LogP contribution in [0.3, 0.4) is 0 Å². The van der Waals surface area contributed by atoms with Crippen molar-refractivity contribution in [2.24, 2.45) is 0 Å². The van der Waals surface area contributed by atoms with Crippen molar-refractivity contribution in [3.8, 4) is 0 Å². The van der Waals surface area contributed by atoms with Gasteiger partial charge < -0.3 is 20.3 Å². The van der Waals surface area contributed by atoms with Gasteiger partial charge in [-0.1, -0.05) is 24.3 Å². The van der Waals surface area contributed by atoms with Crippen LogP contribution in [-0.4, -0.2) is 50.4 Å². The van der Waals surface area contributed by atoms with Crippen LogP contribution in [0.4, 0.5) is 5.69 Å². The van der Waals surface area contributed by atoms with Gasteiger partial charge in [-0.2, -0.15) is 0 Å². The van der Waals surface area contributed by atoms with Crippen molar-refractivity contribution in [3.05, 3.63) is 52.7 Å². The Morgan fingerprint density at radius 2 is 1.74 bits per heavy atom. The highest BCUT2D eigenvalue weighted by atomic mass is 32.1. The molecule has 0 fully saturated rings. The standard InChI is InChI=1S/C18H19N3O5S/c1-21(13-6-3-2-4-7-13)16(23)12-26-17(24)11-19-15(22)10-20-18(25)14-8-5-9-27-14/h2-9H,10-12H2,1H3,(H,19,22)(H,20,25). The molecule has 0 aliphatic rings. The molecule has 142 valence electrons. The Morgan fingerprint density at radius 3 is 2.41 bits per heavy atom. The third-order valence-electron chi connectivity index (χ3n) is 3.46. The average molecular weight is 389 g/mol. The zero-order chi connectivity index (χ0) is 19.6. The fourth-order valence-corrected chi connectivity index (χ4v) is 2.61. The van der Waals surface area contributed by atoms with Crippen LogP contribution in [0.5, 0.6) is 0 Å². The molecule has 0 bridgehead atoms. The summed E-state index contributed by atoms with van der Waals surface area (Å²) in [7, 11) is 1.57. The minimum absolute atomic E-state index is 0.264. The number of para-hydroxylation sites is 1. The van der Waals surface area contributed by atoms with E-state index in [1.807, 2.05) is 6.07 Å². The van der Waals surface area contributed by atoms with E-state index < -0.39 is 30.9 Å². The molecule has 2 aromatic rings. The predicted octanol–water partition coefficient (Wildman–Crippen LogP) is 0.800. The summed E-state index contributed by atoms with van der Waals surface area (Å²) in [4.78, 5) is 48.8. The number of thiophene rings is 1. The first-order valence-corrected chi connectivity index (χ1v) is 8.91. The normalized spacial score (nSPS) is 9.96. The summed E-state index contributed by atoms with van der Waals surface area (Å²) in [5, 5.41) is 6.51. The average Bonchev–Trinajstić information content (AvgIpc) is 3.23. The van der Waals surface area contributed by atoms with Gasteiger partial charge in [0.25, 0.3) is 11.8 Å². The number of anilines is 1. The maximum atomic E-state index is 12.0. The van der Waals surface area contributed by atoms with Crippen LogP contribution in [-0.2, 0) is 19.1 Å². The van der Waals surface area contributed by atoms with Crippen molar-refractivity contribution in [1.82, 2.24) is 10.6 Å². The number of ether oxygens (including phenoxy) is 1. The van der Waals surface area contributed by atoms with E-state index in [9.17, 15) is 19.2 Å². The third kappa shape index (κ3) is 6.55. The molecular formula is C18H19N3O5S. The minimum Gasteiger partial charge on any atom is -0.454 e. The SMILES string of the molecule is CN(C(=O)COC(=O)CNC(=O)CNC(=O)c1cccs1)c1ccccc1. The number of benzene rings is 1. The van der Waals surface area contributed by atoms with E-state index in [1.54, 1.807) is 48.8 Å². The summed E-state index contributed by atoms with van der Waals surface area (Å²) in [6.45, 7) is -1.09. The highest BCUT2D eigenvalue weighted by Crippen LogP contribution is 2.11. The summed E-state index contributed by atoms with van der Waals surface area (Å²) in [5.74, 6) is -2.05. The fourth-order valence-electron chi connectivity index (χ4n) is 1.97. The van der Waals surface area contributed by atoms with E-state index in [0.29, 0.717) is 10.6 Å². The van der Waals surface area contributed by atoms with Gasteiger partial charge in [0, 0.05) is 12.7 Å². The van der Waals surface area contributed by atoms with E-state index in [-0.39, 0.29) is 12.5 Å². The molecule has 0 aliphatic heterocycles. The molecule has 2 N–H and O–H groups in total. The molecule has 8 nitrogen and oxygen atoms in total. The van der Waals surface area contributed by atoms with E-state index in [0.717, 1.165) is 0 Å². The number of hydrogen-bond acceptors (Lipinski definition) is 6. The number of nitrogens with one attached hydrogen (secondary N) is 2. The van der Waals surface area contributed by atoms with Crippen LogP contribution < -0.4 is 15.5 Å². The monoisotopic (exact) mass is 389 g/mol. The molecule has 0 saturated heterocycles. The Labute approximate surface area is 160 Å². The Morgan fingerprint density at radius 1 is 1.00 bits per heavy atom. The van der Waals surface area contributed by atoms with Crippen LogP contribution >= 0.6 is 11.3 Å². The molecular weight excluding hydrogens is 370 g/mol. The second-order valence-electron chi connectivity index (χ2n) is 5.39. The van der Waals surface area contributed by atoms with Crippen LogP contribution in [0.2, 0.25) is 0 Å². The highest BCUT2D eigenvalue weighted by Gasteiger charge is 2.14. The molecule has 0 saturated carbocycles. The number of carbonyl (C=O) groups is 4. The molecule has 1 aromatic carbocycles. The van der Waals surface area contributed by atoms with E-state index >= 15 is 0 Å². The lowest BCUT2D eigenvalue weighted by atomic mass is 10.3. The molecule has 9 heteroatoms. The molecule has 27 heavy (non-hydrogen) atoms. The Hall–Kier alpha value is -3.20. The van der Waals surface area contributed by atoms with Gasteiger partial charge in [0.1, 0.15) is 6.54 Å². The number of amides is 3. The first-order chi connectivity index (χ1) is 13.0. The van der Waals surface area contributed by atoms with Crippen molar-refractivity contribution >= 4 is 40.7 Å². The quantitative estimate of drug-likeness (QED) is 0.650. The topological polar surface area (TPSA) is 105 Å². The van der Waals surface area contributed by atoms with Gasteiger partial charge in [0.15, 0.2) is 6.61 Å². The van der Waals surface area contributed by atoms with E-state index in [2.05, 4.69) is 10.6 Å². The molecule has 0 atom stereocenters. The predicted molar refractivity (Wildman–Crippen MR) is 100 cm³/mol. The molecule has 1 heterocycles. The maximum Gasteiger partial charge on any atom is 0.325 e. The van der Waals surface area contributed by atoms with Crippen LogP contribution in [0.15, 0.2) is 47.8 Å². The smallest absolute Gasteiger partial charge is 0.325 e. The summed E-state index contributed by atoms with van der Waals surface area (Å²) in [6, 6.07) is 12.3. The summed E-state index contributed by atoms with van der Waals surface area (Å²) in [5.41, 5.74) is 0.674. The Balaban J connectivity index is 1.64. The Bertz CT molecular complexity index is 793. The number of hydrogen-bond donors (Lipinski definition) is 2. The van der Waals surface area contributed by atoms with Gasteiger partial charge in [-0.05, 0) is 23.6 Å². The lowest BCUT2D eigenvalue weighted by molar-refractivity contribution is -0.147. The number of esters is 1. The van der Waals surface area contributed by atoms with Crippen molar-refractivity contribution < 1.29 is 23.9 Å². The maximum absolute atomic E-state index is 12.0. The number of rotatable bonds is 8. The fraction of sp³-hybridized carbons (Fsp3) is 0.222. The second kappa shape index (κ2) is 10.1. The van der Waals surface area contributed by atoms with Crippen LogP contribution in [0.25, 0.3) is 0 Å². The van der Waals surface area contributed by atoms with Crippen LogP contribution in [0.1, 0.15) is 9.67 Å².